The van der Waals surface area contributed by atoms with Gasteiger partial charge in [0.1, 0.15) is 0 Å². The van der Waals surface area contributed by atoms with Crippen LogP contribution in [0.3, 0.4) is 0 Å². The van der Waals surface area contributed by atoms with Crippen molar-refractivity contribution in [2.45, 2.75) is 168 Å². The molecule has 1 heteroatoms. The van der Waals surface area contributed by atoms with Crippen LogP contribution >= 0.6 is 0 Å². The van der Waals surface area contributed by atoms with Crippen molar-refractivity contribution in [1.82, 2.24) is 0 Å². The lowest BCUT2D eigenvalue weighted by atomic mass is 10.00. The minimum atomic E-state index is 0.886. The monoisotopic (exact) mass is 453 g/mol. The summed E-state index contributed by atoms with van der Waals surface area (Å²) in [7, 11) is 4.93. The van der Waals surface area contributed by atoms with Crippen LogP contribution in [0.1, 0.15) is 168 Å². The van der Waals surface area contributed by atoms with E-state index in [2.05, 4.69) is 34.9 Å². The van der Waals surface area contributed by atoms with Gasteiger partial charge in [-0.05, 0) is 19.3 Å². The van der Waals surface area contributed by atoms with Crippen molar-refractivity contribution >= 4 is 0 Å². The van der Waals surface area contributed by atoms with Gasteiger partial charge in [0.2, 0.25) is 0 Å². The van der Waals surface area contributed by atoms with E-state index in [9.17, 15) is 0 Å². The molecule has 0 amide bonds. The second kappa shape index (κ2) is 24.1. The highest BCUT2D eigenvalue weighted by Crippen LogP contribution is 2.17. The Balaban J connectivity index is 3.43. The predicted molar refractivity (Wildman–Crippen MR) is 149 cm³/mol. The highest BCUT2D eigenvalue weighted by molar-refractivity contribution is 4.55. The summed E-state index contributed by atoms with van der Waals surface area (Å²) in [4.78, 5) is 0. The highest BCUT2D eigenvalue weighted by Gasteiger charge is 2.18. The lowest BCUT2D eigenvalue weighted by Gasteiger charge is -2.32. The molecule has 0 aliphatic heterocycles. The van der Waals surface area contributed by atoms with Gasteiger partial charge in [-0.15, -0.1) is 0 Å². The third-order valence-corrected chi connectivity index (χ3v) is 7.47. The number of unbranched alkanes of at least 4 members (excludes halogenated alkanes) is 20. The van der Waals surface area contributed by atoms with E-state index in [1.165, 1.54) is 165 Å². The minimum Gasteiger partial charge on any atom is -0.328 e. The molecule has 0 aromatic carbocycles. The molecular weight excluding hydrogens is 386 g/mol. The van der Waals surface area contributed by atoms with Crippen LogP contribution in [-0.2, 0) is 0 Å². The summed E-state index contributed by atoms with van der Waals surface area (Å²) in [6.45, 7) is 9.85. The van der Waals surface area contributed by atoms with Gasteiger partial charge in [0.25, 0.3) is 0 Å². The molecule has 0 N–H and O–H groups in total. The molecule has 0 aliphatic rings. The molecule has 1 unspecified atom stereocenters. The summed E-state index contributed by atoms with van der Waals surface area (Å²) >= 11 is 0. The zero-order chi connectivity index (χ0) is 23.8. The molecule has 0 saturated heterocycles. The SMILES string of the molecule is CCCCCCCCCCCCCCCC[N+](C)(C)CC(C)CCCCCCCCCC. The topological polar surface area (TPSA) is 0 Å². The van der Waals surface area contributed by atoms with Gasteiger partial charge in [-0.3, -0.25) is 0 Å². The quantitative estimate of drug-likeness (QED) is 0.0903. The molecule has 0 heterocycles. The van der Waals surface area contributed by atoms with E-state index in [-0.39, 0.29) is 0 Å². The van der Waals surface area contributed by atoms with Crippen LogP contribution in [-0.4, -0.2) is 31.7 Å². The van der Waals surface area contributed by atoms with Gasteiger partial charge in [0.15, 0.2) is 0 Å². The van der Waals surface area contributed by atoms with Gasteiger partial charge in [0.05, 0.1) is 27.2 Å². The second-order valence-corrected chi connectivity index (χ2v) is 11.8. The Kier molecular flexibility index (Phi) is 24.1. The van der Waals surface area contributed by atoms with Gasteiger partial charge in [-0.1, -0.05) is 149 Å². The molecule has 1 atom stereocenters. The van der Waals surface area contributed by atoms with Gasteiger partial charge < -0.3 is 4.48 Å². The first-order valence-electron chi connectivity index (χ1n) is 15.3. The number of quaternary nitrogens is 1. The predicted octanol–water partition coefficient (Wildman–Crippen LogP) is 10.7. The van der Waals surface area contributed by atoms with Crippen molar-refractivity contribution in [3.05, 3.63) is 0 Å². The van der Waals surface area contributed by atoms with Crippen molar-refractivity contribution in [3.8, 4) is 0 Å². The summed E-state index contributed by atoms with van der Waals surface area (Å²) < 4.78 is 1.23. The first-order chi connectivity index (χ1) is 15.5. The van der Waals surface area contributed by atoms with E-state index in [1.54, 1.807) is 0 Å². The Hall–Kier alpha value is -0.0400. The average Bonchev–Trinajstić information content (AvgIpc) is 2.75. The third kappa shape index (κ3) is 24.6. The van der Waals surface area contributed by atoms with E-state index in [1.807, 2.05) is 0 Å². The zero-order valence-corrected chi connectivity index (χ0v) is 23.7. The molecular formula is C31H66N+. The molecule has 0 fully saturated rings. The molecule has 0 saturated carbocycles. The van der Waals surface area contributed by atoms with Crippen LogP contribution in [0.5, 0.6) is 0 Å². The molecule has 0 rings (SSSR count). The highest BCUT2D eigenvalue weighted by atomic mass is 15.3. The Morgan fingerprint density at radius 2 is 0.750 bits per heavy atom. The van der Waals surface area contributed by atoms with Crippen LogP contribution in [0.4, 0.5) is 0 Å². The fraction of sp³-hybridized carbons (Fsp3) is 1.00. The van der Waals surface area contributed by atoms with Crippen LogP contribution in [0.2, 0.25) is 0 Å². The second-order valence-electron chi connectivity index (χ2n) is 11.8. The summed E-state index contributed by atoms with van der Waals surface area (Å²) in [6, 6.07) is 0. The van der Waals surface area contributed by atoms with Crippen molar-refractivity contribution < 1.29 is 4.48 Å². The molecule has 0 radical (unpaired) electrons. The number of nitrogens with zero attached hydrogens (tertiary/aromatic N) is 1. The van der Waals surface area contributed by atoms with Gasteiger partial charge in [0, 0.05) is 5.92 Å². The van der Waals surface area contributed by atoms with E-state index in [4.69, 9.17) is 0 Å². The smallest absolute Gasteiger partial charge is 0.0808 e. The van der Waals surface area contributed by atoms with E-state index in [0.29, 0.717) is 0 Å². The minimum absolute atomic E-state index is 0.886. The normalized spacial score (nSPS) is 13.0. The summed E-state index contributed by atoms with van der Waals surface area (Å²) in [5.74, 6) is 0.886. The molecule has 0 aliphatic carbocycles. The van der Waals surface area contributed by atoms with Crippen molar-refractivity contribution in [3.63, 3.8) is 0 Å². The summed E-state index contributed by atoms with van der Waals surface area (Å²) in [5, 5.41) is 0. The third-order valence-electron chi connectivity index (χ3n) is 7.47. The Morgan fingerprint density at radius 1 is 0.438 bits per heavy atom. The average molecular weight is 453 g/mol. The molecule has 1 nitrogen and oxygen atoms in total. The van der Waals surface area contributed by atoms with Crippen molar-refractivity contribution in [1.29, 1.82) is 0 Å². The fourth-order valence-electron chi connectivity index (χ4n) is 5.39. The molecule has 194 valence electrons. The van der Waals surface area contributed by atoms with E-state index >= 15 is 0 Å². The lowest BCUT2D eigenvalue weighted by Crippen LogP contribution is -2.43. The van der Waals surface area contributed by atoms with Crippen molar-refractivity contribution in [2.75, 3.05) is 27.2 Å². The van der Waals surface area contributed by atoms with Gasteiger partial charge in [-0.2, -0.15) is 0 Å². The van der Waals surface area contributed by atoms with Gasteiger partial charge >= 0.3 is 0 Å². The Bertz CT molecular complexity index is 348. The van der Waals surface area contributed by atoms with Crippen LogP contribution in [0, 0.1) is 5.92 Å². The molecule has 0 aromatic heterocycles. The maximum absolute atomic E-state index is 2.49. The summed E-state index contributed by atoms with van der Waals surface area (Å²) in [6.07, 6.45) is 33.4. The van der Waals surface area contributed by atoms with E-state index < -0.39 is 0 Å². The Morgan fingerprint density at radius 3 is 1.12 bits per heavy atom. The molecule has 32 heavy (non-hydrogen) atoms. The van der Waals surface area contributed by atoms with Crippen LogP contribution in [0.25, 0.3) is 0 Å². The number of rotatable bonds is 26. The maximum Gasteiger partial charge on any atom is 0.0808 e. The van der Waals surface area contributed by atoms with Crippen LogP contribution < -0.4 is 0 Å². The molecule has 0 bridgehead atoms. The lowest BCUT2D eigenvalue weighted by molar-refractivity contribution is -0.893. The largest absolute Gasteiger partial charge is 0.328 e. The Labute approximate surface area is 206 Å². The van der Waals surface area contributed by atoms with Crippen molar-refractivity contribution in [2.24, 2.45) is 5.92 Å². The first kappa shape index (κ1) is 32.0. The number of hydrogen-bond acceptors (Lipinski definition) is 0. The zero-order valence-electron chi connectivity index (χ0n) is 23.7. The molecule has 0 spiro atoms. The number of hydrogen-bond donors (Lipinski definition) is 0. The fourth-order valence-corrected chi connectivity index (χ4v) is 5.39. The first-order valence-corrected chi connectivity index (χ1v) is 15.3. The van der Waals surface area contributed by atoms with E-state index in [0.717, 1.165) is 5.92 Å². The standard InChI is InChI=1S/C31H66N/c1-6-8-10-12-14-16-17-18-19-20-21-23-25-27-29-32(4,5)30-31(3)28-26-24-22-15-13-11-9-7-2/h31H,6-30H2,1-5H3/q+1. The maximum atomic E-state index is 2.49. The van der Waals surface area contributed by atoms with Crippen LogP contribution in [0.15, 0.2) is 0 Å². The molecule has 0 aromatic rings. The van der Waals surface area contributed by atoms with Gasteiger partial charge in [-0.25, -0.2) is 0 Å². The summed E-state index contributed by atoms with van der Waals surface area (Å²) in [5.41, 5.74) is 0.